The van der Waals surface area contributed by atoms with Crippen molar-refractivity contribution >= 4 is 26.4 Å². The van der Waals surface area contributed by atoms with Crippen LogP contribution in [0.4, 0.5) is 5.00 Å². The monoisotopic (exact) mass is 274 g/mol. The van der Waals surface area contributed by atoms with E-state index in [1.807, 2.05) is 0 Å². The highest BCUT2D eigenvalue weighted by atomic mass is 32.1. The van der Waals surface area contributed by atoms with Gasteiger partial charge in [-0.1, -0.05) is 18.2 Å². The van der Waals surface area contributed by atoms with Crippen LogP contribution in [0, 0.1) is 0 Å². The number of likely N-dealkylation sites (tertiary alicyclic amines) is 1. The lowest BCUT2D eigenvalue weighted by atomic mass is 9.88. The van der Waals surface area contributed by atoms with Gasteiger partial charge in [-0.3, -0.25) is 0 Å². The predicted octanol–water partition coefficient (Wildman–Crippen LogP) is 4.07. The normalized spacial score (nSPS) is 18.5. The van der Waals surface area contributed by atoms with Gasteiger partial charge in [0.15, 0.2) is 0 Å². The molecular formula is C16H22N2S. The van der Waals surface area contributed by atoms with Gasteiger partial charge in [-0.2, -0.15) is 0 Å². The van der Waals surface area contributed by atoms with Crippen molar-refractivity contribution in [1.82, 2.24) is 4.90 Å². The Labute approximate surface area is 119 Å². The van der Waals surface area contributed by atoms with E-state index in [1.54, 1.807) is 11.3 Å². The summed E-state index contributed by atoms with van der Waals surface area (Å²) in [7, 11) is 0. The Balaban J connectivity index is 1.87. The predicted molar refractivity (Wildman–Crippen MR) is 84.9 cm³/mol. The second kappa shape index (κ2) is 5.14. The molecule has 0 bridgehead atoms. The summed E-state index contributed by atoms with van der Waals surface area (Å²) in [6.45, 7) is 6.97. The van der Waals surface area contributed by atoms with E-state index in [0.717, 1.165) is 5.00 Å². The van der Waals surface area contributed by atoms with Gasteiger partial charge in [-0.25, -0.2) is 0 Å². The zero-order valence-corrected chi connectivity index (χ0v) is 12.5. The Kier molecular flexibility index (Phi) is 3.50. The number of fused-ring (bicyclic) bond motifs is 1. The standard InChI is InChI=1S/C16H22N2S/c1-11(2)18-9-7-12(8-10-18)15-13-5-3-4-6-14(13)19-16(15)17/h3-6,11-12H,7-10,17H2,1-2H3. The van der Waals surface area contributed by atoms with Crippen molar-refractivity contribution < 1.29 is 0 Å². The second-order valence-electron chi connectivity index (χ2n) is 5.78. The summed E-state index contributed by atoms with van der Waals surface area (Å²) in [5, 5.41) is 2.41. The third-order valence-electron chi connectivity index (χ3n) is 4.33. The summed E-state index contributed by atoms with van der Waals surface area (Å²) in [5.74, 6) is 0.645. The van der Waals surface area contributed by atoms with E-state index in [4.69, 9.17) is 5.73 Å². The molecule has 0 saturated carbocycles. The molecule has 3 heteroatoms. The van der Waals surface area contributed by atoms with Crippen LogP contribution in [0.5, 0.6) is 0 Å². The molecule has 0 atom stereocenters. The minimum Gasteiger partial charge on any atom is -0.390 e. The molecule has 1 aliphatic heterocycles. The van der Waals surface area contributed by atoms with Crippen molar-refractivity contribution in [2.45, 2.75) is 38.6 Å². The molecule has 1 aliphatic rings. The number of hydrogen-bond acceptors (Lipinski definition) is 3. The Bertz CT molecular complexity index is 565. The van der Waals surface area contributed by atoms with E-state index in [0.29, 0.717) is 12.0 Å². The van der Waals surface area contributed by atoms with Crippen molar-refractivity contribution in [3.8, 4) is 0 Å². The van der Waals surface area contributed by atoms with Crippen molar-refractivity contribution in [3.63, 3.8) is 0 Å². The number of hydrogen-bond donors (Lipinski definition) is 1. The lowest BCUT2D eigenvalue weighted by Crippen LogP contribution is -2.37. The summed E-state index contributed by atoms with van der Waals surface area (Å²) >= 11 is 1.74. The first kappa shape index (κ1) is 12.9. The van der Waals surface area contributed by atoms with Crippen LogP contribution in [0.3, 0.4) is 0 Å². The van der Waals surface area contributed by atoms with Gasteiger partial charge in [-0.05, 0) is 62.7 Å². The van der Waals surface area contributed by atoms with Crippen LogP contribution >= 0.6 is 11.3 Å². The first-order valence-corrected chi connectivity index (χ1v) is 7.99. The second-order valence-corrected chi connectivity index (χ2v) is 6.86. The summed E-state index contributed by atoms with van der Waals surface area (Å²) < 4.78 is 1.33. The Hall–Kier alpha value is -1.06. The van der Waals surface area contributed by atoms with E-state index in [2.05, 4.69) is 43.0 Å². The average Bonchev–Trinajstić information content (AvgIpc) is 2.74. The highest BCUT2D eigenvalue weighted by molar-refractivity contribution is 7.22. The minimum atomic E-state index is 0.645. The lowest BCUT2D eigenvalue weighted by Gasteiger charge is -2.34. The topological polar surface area (TPSA) is 29.3 Å². The largest absolute Gasteiger partial charge is 0.390 e. The number of thiophene rings is 1. The summed E-state index contributed by atoms with van der Waals surface area (Å²) in [6, 6.07) is 9.30. The molecule has 2 aromatic rings. The first-order chi connectivity index (χ1) is 9.16. The highest BCUT2D eigenvalue weighted by Crippen LogP contribution is 2.42. The average molecular weight is 274 g/mol. The maximum absolute atomic E-state index is 6.28. The quantitative estimate of drug-likeness (QED) is 0.894. The number of nitrogens with zero attached hydrogens (tertiary/aromatic N) is 1. The zero-order valence-electron chi connectivity index (χ0n) is 11.7. The molecule has 2 nitrogen and oxygen atoms in total. The van der Waals surface area contributed by atoms with Crippen molar-refractivity contribution in [2.75, 3.05) is 18.8 Å². The van der Waals surface area contributed by atoms with Crippen molar-refractivity contribution in [1.29, 1.82) is 0 Å². The fraction of sp³-hybridized carbons (Fsp3) is 0.500. The number of rotatable bonds is 2. The van der Waals surface area contributed by atoms with E-state index >= 15 is 0 Å². The fourth-order valence-electron chi connectivity index (χ4n) is 3.21. The Morgan fingerprint density at radius 1 is 1.21 bits per heavy atom. The van der Waals surface area contributed by atoms with Crippen LogP contribution in [0.1, 0.15) is 38.2 Å². The third kappa shape index (κ3) is 2.37. The van der Waals surface area contributed by atoms with Gasteiger partial charge in [-0.15, -0.1) is 11.3 Å². The number of nitrogens with two attached hydrogens (primary N) is 1. The van der Waals surface area contributed by atoms with E-state index in [1.165, 1.54) is 41.6 Å². The molecule has 0 spiro atoms. The highest BCUT2D eigenvalue weighted by Gasteiger charge is 2.25. The number of nitrogen functional groups attached to an aromatic ring is 1. The first-order valence-electron chi connectivity index (χ1n) is 7.17. The SMILES string of the molecule is CC(C)N1CCC(c2c(N)sc3ccccc23)CC1. The number of piperidine rings is 1. The van der Waals surface area contributed by atoms with Crippen LogP contribution in [-0.4, -0.2) is 24.0 Å². The molecule has 1 saturated heterocycles. The van der Waals surface area contributed by atoms with Gasteiger partial charge in [0, 0.05) is 10.7 Å². The Morgan fingerprint density at radius 2 is 1.89 bits per heavy atom. The molecule has 0 aliphatic carbocycles. The van der Waals surface area contributed by atoms with Gasteiger partial charge < -0.3 is 10.6 Å². The van der Waals surface area contributed by atoms with Crippen molar-refractivity contribution in [3.05, 3.63) is 29.8 Å². The maximum atomic E-state index is 6.28. The molecule has 1 aromatic heterocycles. The summed E-state index contributed by atoms with van der Waals surface area (Å²) in [6.07, 6.45) is 2.48. The zero-order chi connectivity index (χ0) is 13.4. The van der Waals surface area contributed by atoms with Crippen LogP contribution < -0.4 is 5.73 Å². The molecule has 19 heavy (non-hydrogen) atoms. The maximum Gasteiger partial charge on any atom is 0.0904 e. The van der Waals surface area contributed by atoms with Crippen LogP contribution in [-0.2, 0) is 0 Å². The van der Waals surface area contributed by atoms with Gasteiger partial charge in [0.25, 0.3) is 0 Å². The molecule has 0 amide bonds. The van der Waals surface area contributed by atoms with Gasteiger partial charge in [0.2, 0.25) is 0 Å². The van der Waals surface area contributed by atoms with Gasteiger partial charge in [0.1, 0.15) is 0 Å². The summed E-state index contributed by atoms with van der Waals surface area (Å²) in [4.78, 5) is 2.57. The summed E-state index contributed by atoms with van der Waals surface area (Å²) in [5.41, 5.74) is 7.70. The van der Waals surface area contributed by atoms with Crippen LogP contribution in [0.2, 0.25) is 0 Å². The van der Waals surface area contributed by atoms with Gasteiger partial charge in [0.05, 0.1) is 5.00 Å². The molecule has 102 valence electrons. The third-order valence-corrected chi connectivity index (χ3v) is 5.35. The van der Waals surface area contributed by atoms with Gasteiger partial charge >= 0.3 is 0 Å². The van der Waals surface area contributed by atoms with E-state index < -0.39 is 0 Å². The molecule has 2 N–H and O–H groups in total. The molecule has 0 radical (unpaired) electrons. The molecular weight excluding hydrogens is 252 g/mol. The fourth-order valence-corrected chi connectivity index (χ4v) is 4.27. The minimum absolute atomic E-state index is 0.645. The smallest absolute Gasteiger partial charge is 0.0904 e. The van der Waals surface area contributed by atoms with Crippen LogP contribution in [0.25, 0.3) is 10.1 Å². The molecule has 3 rings (SSSR count). The van der Waals surface area contributed by atoms with E-state index in [-0.39, 0.29) is 0 Å². The lowest BCUT2D eigenvalue weighted by molar-refractivity contribution is 0.172. The number of anilines is 1. The molecule has 0 unspecified atom stereocenters. The molecule has 2 heterocycles. The van der Waals surface area contributed by atoms with Crippen LogP contribution in [0.15, 0.2) is 24.3 Å². The Morgan fingerprint density at radius 3 is 2.58 bits per heavy atom. The molecule has 1 fully saturated rings. The van der Waals surface area contributed by atoms with E-state index in [9.17, 15) is 0 Å². The molecule has 1 aromatic carbocycles. The number of benzene rings is 1. The van der Waals surface area contributed by atoms with Crippen molar-refractivity contribution in [2.24, 2.45) is 0 Å².